The van der Waals surface area contributed by atoms with Crippen molar-refractivity contribution in [3.8, 4) is 11.3 Å². The molecule has 1 unspecified atom stereocenters. The lowest BCUT2D eigenvalue weighted by atomic mass is 10.2. The molecule has 0 fully saturated rings. The summed E-state index contributed by atoms with van der Waals surface area (Å²) in [7, 11) is 0. The number of hydrogen-bond acceptors (Lipinski definition) is 7. The zero-order valence-electron chi connectivity index (χ0n) is 23.4. The van der Waals surface area contributed by atoms with Gasteiger partial charge in [0.2, 0.25) is 5.91 Å². The smallest absolute Gasteiger partial charge is 0.272 e. The van der Waals surface area contributed by atoms with E-state index in [4.69, 9.17) is 11.6 Å². The number of halogens is 1. The van der Waals surface area contributed by atoms with Crippen LogP contribution in [0.5, 0.6) is 0 Å². The summed E-state index contributed by atoms with van der Waals surface area (Å²) in [5.41, 5.74) is 3.29. The Morgan fingerprint density at radius 1 is 0.932 bits per heavy atom. The van der Waals surface area contributed by atoms with Crippen LogP contribution in [0.2, 0.25) is 5.02 Å². The van der Waals surface area contributed by atoms with Crippen LogP contribution >= 0.6 is 34.7 Å². The van der Waals surface area contributed by atoms with Crippen LogP contribution in [-0.4, -0.2) is 32.9 Å². The molecule has 3 aromatic carbocycles. The molecule has 5 aromatic rings. The number of benzene rings is 3. The molecule has 0 radical (unpaired) electrons. The Hall–Kier alpha value is -4.77. The molecule has 0 spiro atoms. The number of hydrogen-bond donors (Lipinski definition) is 3. The summed E-state index contributed by atoms with van der Waals surface area (Å²) < 4.78 is 0. The molecule has 5 rings (SSSR count). The van der Waals surface area contributed by atoms with Crippen molar-refractivity contribution in [1.82, 2.24) is 15.3 Å². The normalized spacial score (nSPS) is 11.8. The molecule has 3 N–H and O–H groups in total. The van der Waals surface area contributed by atoms with Crippen LogP contribution in [0.4, 0.5) is 10.8 Å². The fraction of sp³-hybridized carbons (Fsp3) is 0.0606. The first kappa shape index (κ1) is 30.7. The zero-order valence-corrected chi connectivity index (χ0v) is 25.7. The van der Waals surface area contributed by atoms with Gasteiger partial charge in [0.05, 0.1) is 10.9 Å². The van der Waals surface area contributed by atoms with Crippen molar-refractivity contribution in [2.75, 3.05) is 10.6 Å². The van der Waals surface area contributed by atoms with E-state index in [0.29, 0.717) is 27.0 Å². The lowest BCUT2D eigenvalue weighted by molar-refractivity contribution is -0.115. The molecule has 44 heavy (non-hydrogen) atoms. The van der Waals surface area contributed by atoms with Gasteiger partial charge in [0.15, 0.2) is 5.13 Å². The van der Waals surface area contributed by atoms with E-state index in [1.54, 1.807) is 92.1 Å². The van der Waals surface area contributed by atoms with Crippen LogP contribution in [0.25, 0.3) is 17.3 Å². The number of nitrogens with zero attached hydrogens (tertiary/aromatic N) is 2. The van der Waals surface area contributed by atoms with Gasteiger partial charge in [-0.25, -0.2) is 4.98 Å². The lowest BCUT2D eigenvalue weighted by Gasteiger charge is -2.13. The molecule has 11 heteroatoms. The lowest BCUT2D eigenvalue weighted by Crippen LogP contribution is -2.30. The fourth-order valence-electron chi connectivity index (χ4n) is 3.97. The summed E-state index contributed by atoms with van der Waals surface area (Å²) in [5, 5.41) is 11.0. The summed E-state index contributed by atoms with van der Waals surface area (Å²) in [6, 6.07) is 26.7. The fourth-order valence-corrected chi connectivity index (χ4v) is 5.74. The maximum atomic E-state index is 13.4. The molecule has 0 bridgehead atoms. The van der Waals surface area contributed by atoms with Gasteiger partial charge in [0, 0.05) is 44.5 Å². The van der Waals surface area contributed by atoms with Crippen LogP contribution in [0.1, 0.15) is 22.8 Å². The number of thioether (sulfide) groups is 1. The molecule has 0 aliphatic rings. The highest BCUT2D eigenvalue weighted by Gasteiger charge is 2.18. The summed E-state index contributed by atoms with van der Waals surface area (Å²) in [5.74, 6) is -1.13. The van der Waals surface area contributed by atoms with Gasteiger partial charge in [-0.1, -0.05) is 54.1 Å². The highest BCUT2D eigenvalue weighted by atomic mass is 35.5. The maximum absolute atomic E-state index is 13.4. The Kier molecular flexibility index (Phi) is 10.2. The van der Waals surface area contributed by atoms with Gasteiger partial charge in [0.1, 0.15) is 5.70 Å². The van der Waals surface area contributed by atoms with Gasteiger partial charge in [-0.05, 0) is 67.1 Å². The first-order chi connectivity index (χ1) is 21.3. The SMILES string of the molecule is CC(Sc1cccc(NC(=O)/C(=C/c2cccnc2)NC(=O)c2ccccc2)c1)C(=O)Nc1nc(-c2ccc(Cl)cc2)cs1. The number of rotatable bonds is 10. The number of aromatic nitrogens is 2. The number of anilines is 2. The monoisotopic (exact) mass is 639 g/mol. The van der Waals surface area contributed by atoms with Gasteiger partial charge in [-0.2, -0.15) is 0 Å². The first-order valence-corrected chi connectivity index (χ1v) is 15.6. The average molecular weight is 640 g/mol. The van der Waals surface area contributed by atoms with Crippen molar-refractivity contribution in [3.63, 3.8) is 0 Å². The third-order valence-corrected chi connectivity index (χ3v) is 8.28. The number of pyridine rings is 1. The molecule has 0 saturated heterocycles. The Morgan fingerprint density at radius 3 is 2.48 bits per heavy atom. The summed E-state index contributed by atoms with van der Waals surface area (Å²) in [4.78, 5) is 48.5. The first-order valence-electron chi connectivity index (χ1n) is 13.4. The van der Waals surface area contributed by atoms with E-state index >= 15 is 0 Å². The third kappa shape index (κ3) is 8.41. The molecule has 3 amide bonds. The van der Waals surface area contributed by atoms with E-state index in [2.05, 4.69) is 25.9 Å². The number of amides is 3. The van der Waals surface area contributed by atoms with E-state index in [-0.39, 0.29) is 11.6 Å². The van der Waals surface area contributed by atoms with Crippen molar-refractivity contribution in [3.05, 3.63) is 131 Å². The minimum absolute atomic E-state index is 0.0547. The van der Waals surface area contributed by atoms with Crippen molar-refractivity contribution in [1.29, 1.82) is 0 Å². The third-order valence-electron chi connectivity index (χ3n) is 6.17. The molecule has 0 aliphatic heterocycles. The summed E-state index contributed by atoms with van der Waals surface area (Å²) in [6.45, 7) is 1.80. The van der Waals surface area contributed by atoms with Crippen LogP contribution in [-0.2, 0) is 9.59 Å². The number of carbonyl (C=O) groups is 3. The minimum Gasteiger partial charge on any atom is -0.321 e. The second-order valence-electron chi connectivity index (χ2n) is 9.44. The highest BCUT2D eigenvalue weighted by molar-refractivity contribution is 8.00. The largest absolute Gasteiger partial charge is 0.321 e. The van der Waals surface area contributed by atoms with E-state index in [9.17, 15) is 14.4 Å². The van der Waals surface area contributed by atoms with Crippen LogP contribution < -0.4 is 16.0 Å². The topological polar surface area (TPSA) is 113 Å². The second kappa shape index (κ2) is 14.6. The van der Waals surface area contributed by atoms with E-state index in [0.717, 1.165) is 16.2 Å². The Labute approximate surface area is 267 Å². The van der Waals surface area contributed by atoms with Crippen molar-refractivity contribution in [2.24, 2.45) is 0 Å². The second-order valence-corrected chi connectivity index (χ2v) is 12.1. The molecular weight excluding hydrogens is 614 g/mol. The Morgan fingerprint density at radius 2 is 1.73 bits per heavy atom. The molecule has 2 heterocycles. The molecular formula is C33H26ClN5O3S2. The van der Waals surface area contributed by atoms with Crippen LogP contribution in [0.15, 0.2) is 119 Å². The van der Waals surface area contributed by atoms with Crippen molar-refractivity contribution >= 4 is 69.3 Å². The molecule has 2 aromatic heterocycles. The predicted octanol–water partition coefficient (Wildman–Crippen LogP) is 7.39. The average Bonchev–Trinajstić information content (AvgIpc) is 3.50. The van der Waals surface area contributed by atoms with Gasteiger partial charge in [-0.3, -0.25) is 19.4 Å². The number of thiazole rings is 1. The summed E-state index contributed by atoms with van der Waals surface area (Å²) >= 11 is 8.66. The van der Waals surface area contributed by atoms with Crippen molar-refractivity contribution in [2.45, 2.75) is 17.1 Å². The molecule has 0 saturated carbocycles. The molecule has 1 atom stereocenters. The predicted molar refractivity (Wildman–Crippen MR) is 178 cm³/mol. The maximum Gasteiger partial charge on any atom is 0.272 e. The van der Waals surface area contributed by atoms with Gasteiger partial charge in [0.25, 0.3) is 11.8 Å². The van der Waals surface area contributed by atoms with Gasteiger partial charge < -0.3 is 16.0 Å². The van der Waals surface area contributed by atoms with Crippen molar-refractivity contribution < 1.29 is 14.4 Å². The van der Waals surface area contributed by atoms with Crippen LogP contribution in [0, 0.1) is 0 Å². The molecule has 8 nitrogen and oxygen atoms in total. The van der Waals surface area contributed by atoms with Gasteiger partial charge in [-0.15, -0.1) is 23.1 Å². The van der Waals surface area contributed by atoms with E-state index in [1.165, 1.54) is 23.1 Å². The minimum atomic E-state index is -0.508. The Bertz CT molecular complexity index is 1800. The zero-order chi connectivity index (χ0) is 30.9. The van der Waals surface area contributed by atoms with Crippen LogP contribution in [0.3, 0.4) is 0 Å². The number of carbonyl (C=O) groups excluding carboxylic acids is 3. The van der Waals surface area contributed by atoms with E-state index < -0.39 is 17.1 Å². The quantitative estimate of drug-likeness (QED) is 0.108. The highest BCUT2D eigenvalue weighted by Crippen LogP contribution is 2.29. The number of nitrogens with one attached hydrogen (secondary N) is 3. The Balaban J connectivity index is 1.24. The molecule has 220 valence electrons. The van der Waals surface area contributed by atoms with E-state index in [1.807, 2.05) is 29.6 Å². The summed E-state index contributed by atoms with van der Waals surface area (Å²) in [6.07, 6.45) is 4.78. The van der Waals surface area contributed by atoms with Gasteiger partial charge >= 0.3 is 0 Å². The molecule has 0 aliphatic carbocycles. The standard InChI is InChI=1S/C33H26ClN5O3S2/c1-21(30(40)39-33-38-29(20-43-33)23-12-14-25(34)15-13-23)44-27-11-5-10-26(18-27)36-32(42)28(17-22-7-6-16-35-19-22)37-31(41)24-8-3-2-4-9-24/h2-21H,1H3,(H,36,42)(H,37,41)(H,38,39,40)/b28-17-.